The fraction of sp³-hybridized carbons (Fsp3) is 0.706. The molecule has 0 aromatic carbocycles. The molecule has 2 aliphatic heterocycles. The van der Waals surface area contributed by atoms with Crippen LogP contribution in [0.2, 0.25) is 0 Å². The van der Waals surface area contributed by atoms with Crippen LogP contribution >= 0.6 is 0 Å². The first-order chi connectivity index (χ1) is 11.8. The van der Waals surface area contributed by atoms with Gasteiger partial charge in [0.25, 0.3) is 0 Å². The fourth-order valence-corrected chi connectivity index (χ4v) is 4.09. The largest absolute Gasteiger partial charge is 0.372 e. The quantitative estimate of drug-likeness (QED) is 0.831. The Labute approximate surface area is 142 Å². The van der Waals surface area contributed by atoms with E-state index in [1.807, 2.05) is 28.9 Å². The van der Waals surface area contributed by atoms with Gasteiger partial charge in [-0.2, -0.15) is 10.2 Å². The molecule has 130 valence electrons. The van der Waals surface area contributed by atoms with Gasteiger partial charge in [-0.25, -0.2) is 4.98 Å². The highest BCUT2D eigenvalue weighted by molar-refractivity contribution is 5.07. The molecule has 0 spiro atoms. The van der Waals surface area contributed by atoms with Gasteiger partial charge in [-0.1, -0.05) is 0 Å². The Hall–Kier alpha value is -1.73. The Kier molecular flexibility index (Phi) is 4.62. The number of piperidine rings is 1. The van der Waals surface area contributed by atoms with Crippen LogP contribution in [-0.2, 0) is 18.3 Å². The summed E-state index contributed by atoms with van der Waals surface area (Å²) in [7, 11) is 2.00. The number of likely N-dealkylation sites (tertiary alicyclic amines) is 1. The lowest BCUT2D eigenvalue weighted by Crippen LogP contribution is -2.38. The Morgan fingerprint density at radius 3 is 2.75 bits per heavy atom. The van der Waals surface area contributed by atoms with E-state index >= 15 is 0 Å². The molecular weight excluding hydrogens is 304 g/mol. The van der Waals surface area contributed by atoms with Crippen LogP contribution in [0.4, 0.5) is 0 Å². The van der Waals surface area contributed by atoms with Crippen LogP contribution in [0, 0.1) is 11.8 Å². The van der Waals surface area contributed by atoms with E-state index in [0.29, 0.717) is 5.92 Å². The molecule has 0 aliphatic carbocycles. The molecule has 0 N–H and O–H groups in total. The van der Waals surface area contributed by atoms with E-state index in [1.165, 1.54) is 31.6 Å². The summed E-state index contributed by atoms with van der Waals surface area (Å²) in [6.07, 6.45) is 9.13. The Morgan fingerprint density at radius 1 is 1.17 bits per heavy atom. The van der Waals surface area contributed by atoms with Gasteiger partial charge in [-0.15, -0.1) is 0 Å². The lowest BCUT2D eigenvalue weighted by Gasteiger charge is -2.34. The van der Waals surface area contributed by atoms with Crippen LogP contribution in [0.15, 0.2) is 24.9 Å². The van der Waals surface area contributed by atoms with E-state index < -0.39 is 0 Å². The molecule has 0 radical (unpaired) electrons. The van der Waals surface area contributed by atoms with Crippen molar-refractivity contribution in [2.24, 2.45) is 18.9 Å². The van der Waals surface area contributed by atoms with Gasteiger partial charge >= 0.3 is 0 Å². The second kappa shape index (κ2) is 7.03. The van der Waals surface area contributed by atoms with Gasteiger partial charge in [0.15, 0.2) is 0 Å². The normalized spacial score (nSPS) is 26.2. The minimum atomic E-state index is 0.199. The summed E-state index contributed by atoms with van der Waals surface area (Å²) in [6, 6.07) is 2.09. The molecule has 2 aromatic rings. The van der Waals surface area contributed by atoms with Crippen molar-refractivity contribution in [3.8, 4) is 0 Å². The van der Waals surface area contributed by atoms with Gasteiger partial charge in [0.1, 0.15) is 18.8 Å². The van der Waals surface area contributed by atoms with Crippen LogP contribution in [0.3, 0.4) is 0 Å². The Bertz CT molecular complexity index is 631. The first-order valence-corrected chi connectivity index (χ1v) is 8.94. The van der Waals surface area contributed by atoms with E-state index in [0.717, 1.165) is 32.0 Å². The molecule has 4 heterocycles. The molecule has 0 bridgehead atoms. The third-order valence-corrected chi connectivity index (χ3v) is 5.48. The highest BCUT2D eigenvalue weighted by atomic mass is 16.5. The third-order valence-electron chi connectivity index (χ3n) is 5.48. The summed E-state index contributed by atoms with van der Waals surface area (Å²) < 4.78 is 9.93. The first kappa shape index (κ1) is 15.8. The second-order valence-electron chi connectivity index (χ2n) is 7.08. The SMILES string of the molecule is Cn1nccc1[C@@H]1OCC[C@H]1CN1CCC(Cn2cncn2)CC1. The summed E-state index contributed by atoms with van der Waals surface area (Å²) in [5.41, 5.74) is 1.21. The van der Waals surface area contributed by atoms with Gasteiger partial charge in [0.2, 0.25) is 0 Å². The Balaban J connectivity index is 1.29. The van der Waals surface area contributed by atoms with Gasteiger partial charge in [0.05, 0.1) is 5.69 Å². The van der Waals surface area contributed by atoms with Crippen LogP contribution in [-0.4, -0.2) is 55.7 Å². The van der Waals surface area contributed by atoms with Crippen LogP contribution < -0.4 is 0 Å². The maximum atomic E-state index is 6.02. The summed E-state index contributed by atoms with van der Waals surface area (Å²) in [5.74, 6) is 1.29. The van der Waals surface area contributed by atoms with Crippen molar-refractivity contribution >= 4 is 0 Å². The number of hydrogen-bond donors (Lipinski definition) is 0. The zero-order chi connectivity index (χ0) is 16.4. The van der Waals surface area contributed by atoms with Crippen molar-refractivity contribution in [3.63, 3.8) is 0 Å². The predicted octanol–water partition coefficient (Wildman–Crippen LogP) is 1.50. The lowest BCUT2D eigenvalue weighted by atomic mass is 9.93. The highest BCUT2D eigenvalue weighted by Gasteiger charge is 2.33. The molecule has 0 saturated carbocycles. The molecule has 7 heteroatoms. The molecule has 7 nitrogen and oxygen atoms in total. The number of rotatable bonds is 5. The average Bonchev–Trinajstić information content (AvgIpc) is 3.32. The number of ether oxygens (including phenoxy) is 1. The molecule has 2 saturated heterocycles. The number of hydrogen-bond acceptors (Lipinski definition) is 5. The molecule has 2 aliphatic rings. The highest BCUT2D eigenvalue weighted by Crippen LogP contribution is 2.35. The van der Waals surface area contributed by atoms with E-state index in [9.17, 15) is 0 Å². The lowest BCUT2D eigenvalue weighted by molar-refractivity contribution is 0.0648. The van der Waals surface area contributed by atoms with E-state index in [4.69, 9.17) is 4.74 Å². The molecule has 2 atom stereocenters. The molecule has 24 heavy (non-hydrogen) atoms. The standard InChI is InChI=1S/C17H26N6O/c1-21-16(2-6-19-21)17-15(5-9-24-17)11-22-7-3-14(4-8-22)10-23-13-18-12-20-23/h2,6,12-15,17H,3-5,7-11H2,1H3/t15-,17+/m0/s1. The van der Waals surface area contributed by atoms with Gasteiger partial charge in [-0.3, -0.25) is 9.36 Å². The zero-order valence-corrected chi connectivity index (χ0v) is 14.3. The fourth-order valence-electron chi connectivity index (χ4n) is 4.09. The maximum Gasteiger partial charge on any atom is 0.137 e. The zero-order valence-electron chi connectivity index (χ0n) is 14.3. The minimum absolute atomic E-state index is 0.199. The molecule has 2 aromatic heterocycles. The van der Waals surface area contributed by atoms with Gasteiger partial charge < -0.3 is 9.64 Å². The van der Waals surface area contributed by atoms with Crippen molar-refractivity contribution in [1.82, 2.24) is 29.4 Å². The number of nitrogens with zero attached hydrogens (tertiary/aromatic N) is 6. The van der Waals surface area contributed by atoms with Gasteiger partial charge in [-0.05, 0) is 44.3 Å². The van der Waals surface area contributed by atoms with Crippen LogP contribution in [0.5, 0.6) is 0 Å². The third kappa shape index (κ3) is 3.37. The van der Waals surface area contributed by atoms with Gasteiger partial charge in [0, 0.05) is 38.9 Å². The van der Waals surface area contributed by atoms with Crippen molar-refractivity contribution in [2.75, 3.05) is 26.2 Å². The van der Waals surface area contributed by atoms with Crippen molar-refractivity contribution in [1.29, 1.82) is 0 Å². The topological polar surface area (TPSA) is 61.0 Å². The molecular formula is C17H26N6O. The second-order valence-corrected chi connectivity index (χ2v) is 7.08. The monoisotopic (exact) mass is 330 g/mol. The molecule has 0 unspecified atom stereocenters. The first-order valence-electron chi connectivity index (χ1n) is 8.94. The number of aryl methyl sites for hydroxylation is 1. The van der Waals surface area contributed by atoms with Crippen molar-refractivity contribution < 1.29 is 4.74 Å². The smallest absolute Gasteiger partial charge is 0.137 e. The van der Waals surface area contributed by atoms with Crippen LogP contribution in [0.25, 0.3) is 0 Å². The summed E-state index contributed by atoms with van der Waals surface area (Å²) in [4.78, 5) is 6.64. The minimum Gasteiger partial charge on any atom is -0.372 e. The summed E-state index contributed by atoms with van der Waals surface area (Å²) in [6.45, 7) is 5.34. The van der Waals surface area contributed by atoms with Crippen molar-refractivity contribution in [3.05, 3.63) is 30.6 Å². The van der Waals surface area contributed by atoms with E-state index in [2.05, 4.69) is 26.1 Å². The van der Waals surface area contributed by atoms with E-state index in [1.54, 1.807) is 6.33 Å². The summed E-state index contributed by atoms with van der Waals surface area (Å²) in [5, 5.41) is 8.52. The predicted molar refractivity (Wildman–Crippen MR) is 89.2 cm³/mol. The average molecular weight is 330 g/mol. The summed E-state index contributed by atoms with van der Waals surface area (Å²) >= 11 is 0. The molecule has 2 fully saturated rings. The molecule has 0 amide bonds. The molecule has 4 rings (SSSR count). The Morgan fingerprint density at radius 2 is 2.04 bits per heavy atom. The van der Waals surface area contributed by atoms with Crippen molar-refractivity contribution in [2.45, 2.75) is 31.9 Å². The van der Waals surface area contributed by atoms with Crippen LogP contribution in [0.1, 0.15) is 31.1 Å². The number of aromatic nitrogens is 5. The van der Waals surface area contributed by atoms with E-state index in [-0.39, 0.29) is 6.10 Å². The maximum absolute atomic E-state index is 6.02.